The minimum atomic E-state index is 0.0113. The molecule has 0 unspecified atom stereocenters. The second-order valence-corrected chi connectivity index (χ2v) is 4.73. The van der Waals surface area contributed by atoms with Gasteiger partial charge in [0.1, 0.15) is 0 Å². The van der Waals surface area contributed by atoms with Gasteiger partial charge < -0.3 is 10.1 Å². The number of carbonyl (C=O) groups excluding carboxylic acids is 1. The maximum Gasteiger partial charge on any atom is 0.308 e. The molecule has 1 saturated carbocycles. The van der Waals surface area contributed by atoms with Crippen molar-refractivity contribution in [3.8, 4) is 0 Å². The minimum absolute atomic E-state index is 0.0113. The second kappa shape index (κ2) is 6.83. The van der Waals surface area contributed by atoms with Crippen molar-refractivity contribution in [1.29, 1.82) is 0 Å². The van der Waals surface area contributed by atoms with Gasteiger partial charge in [-0.2, -0.15) is 0 Å². The maximum absolute atomic E-state index is 11.1. The third-order valence-corrected chi connectivity index (χ3v) is 2.55. The van der Waals surface area contributed by atoms with Gasteiger partial charge in [0.15, 0.2) is 0 Å². The van der Waals surface area contributed by atoms with Crippen LogP contribution in [-0.2, 0) is 9.53 Å². The molecular formula is C12H23NO2. The zero-order chi connectivity index (χ0) is 11.1. The van der Waals surface area contributed by atoms with E-state index >= 15 is 0 Å². The van der Waals surface area contributed by atoms with Gasteiger partial charge in [0.2, 0.25) is 0 Å². The first-order valence-electron chi connectivity index (χ1n) is 6.07. The summed E-state index contributed by atoms with van der Waals surface area (Å²) in [6.45, 7) is 7.03. The van der Waals surface area contributed by atoms with Gasteiger partial charge in [-0.15, -0.1) is 0 Å². The van der Waals surface area contributed by atoms with Gasteiger partial charge in [0, 0.05) is 0 Å². The number of nitrogens with one attached hydrogen (secondary N) is 1. The number of hydrogen-bond acceptors (Lipinski definition) is 3. The molecule has 1 aliphatic carbocycles. The van der Waals surface area contributed by atoms with Crippen LogP contribution in [0.5, 0.6) is 0 Å². The molecule has 0 amide bonds. The lowest BCUT2D eigenvalue weighted by molar-refractivity contribution is -0.145. The van der Waals surface area contributed by atoms with E-state index in [0.29, 0.717) is 6.61 Å². The Kier molecular flexibility index (Phi) is 5.69. The quantitative estimate of drug-likeness (QED) is 0.495. The van der Waals surface area contributed by atoms with Crippen molar-refractivity contribution in [2.45, 2.75) is 39.5 Å². The number of hydrogen-bond donors (Lipinski definition) is 1. The molecule has 0 bridgehead atoms. The summed E-state index contributed by atoms with van der Waals surface area (Å²) in [5.74, 6) is 1.00. The Morgan fingerprint density at radius 2 is 2.13 bits per heavy atom. The lowest BCUT2D eigenvalue weighted by Crippen LogP contribution is -2.20. The van der Waals surface area contributed by atoms with Crippen LogP contribution in [0, 0.1) is 11.8 Å². The highest BCUT2D eigenvalue weighted by atomic mass is 16.5. The Labute approximate surface area is 92.6 Å². The molecule has 1 aliphatic rings. The van der Waals surface area contributed by atoms with Crippen LogP contribution in [0.1, 0.15) is 39.5 Å². The molecule has 1 fully saturated rings. The van der Waals surface area contributed by atoms with E-state index in [1.54, 1.807) is 0 Å². The number of carbonyl (C=O) groups is 1. The Bertz CT molecular complexity index is 188. The number of rotatable bonds is 8. The molecule has 0 aromatic rings. The molecule has 0 saturated heterocycles. The summed E-state index contributed by atoms with van der Waals surface area (Å²) in [5, 5.41) is 3.34. The zero-order valence-corrected chi connectivity index (χ0v) is 9.92. The molecule has 3 nitrogen and oxygen atoms in total. The van der Waals surface area contributed by atoms with Gasteiger partial charge in [0.25, 0.3) is 0 Å². The van der Waals surface area contributed by atoms with E-state index in [2.05, 4.69) is 19.2 Å². The van der Waals surface area contributed by atoms with Gasteiger partial charge in [-0.05, 0) is 44.7 Å². The molecule has 88 valence electrons. The summed E-state index contributed by atoms with van der Waals surface area (Å²) < 4.78 is 5.11. The first kappa shape index (κ1) is 12.5. The van der Waals surface area contributed by atoms with Crippen LogP contribution in [0.3, 0.4) is 0 Å². The zero-order valence-electron chi connectivity index (χ0n) is 9.92. The summed E-state index contributed by atoms with van der Waals surface area (Å²) in [6, 6.07) is 0. The summed E-state index contributed by atoms with van der Waals surface area (Å²) in [4.78, 5) is 11.1. The van der Waals surface area contributed by atoms with E-state index in [9.17, 15) is 4.79 Å². The average molecular weight is 213 g/mol. The van der Waals surface area contributed by atoms with Gasteiger partial charge in [-0.25, -0.2) is 0 Å². The van der Waals surface area contributed by atoms with Crippen molar-refractivity contribution in [2.24, 2.45) is 11.8 Å². The molecule has 15 heavy (non-hydrogen) atoms. The highest BCUT2D eigenvalue weighted by Gasteiger charge is 2.30. The molecule has 1 rings (SSSR count). The molecule has 0 heterocycles. The Hall–Kier alpha value is -0.570. The van der Waals surface area contributed by atoms with Crippen LogP contribution in [0.2, 0.25) is 0 Å². The summed E-state index contributed by atoms with van der Waals surface area (Å²) in [6.07, 6.45) is 4.20. The lowest BCUT2D eigenvalue weighted by atomic mass is 10.1. The molecule has 3 heteroatoms. The second-order valence-electron chi connectivity index (χ2n) is 4.73. The van der Waals surface area contributed by atoms with Gasteiger partial charge in [-0.3, -0.25) is 4.79 Å². The summed E-state index contributed by atoms with van der Waals surface area (Å²) in [5.41, 5.74) is 0. The lowest BCUT2D eigenvalue weighted by Gasteiger charge is -2.07. The van der Waals surface area contributed by atoms with Gasteiger partial charge in [0.05, 0.1) is 12.5 Å². The third-order valence-electron chi connectivity index (χ3n) is 2.55. The van der Waals surface area contributed by atoms with Crippen LogP contribution in [0.25, 0.3) is 0 Å². The van der Waals surface area contributed by atoms with E-state index in [0.717, 1.165) is 38.3 Å². The maximum atomic E-state index is 11.1. The SMILES string of the molecule is CC(C)CCNCCCOC(=O)C1CC1. The van der Waals surface area contributed by atoms with Crippen molar-refractivity contribution >= 4 is 5.97 Å². The highest BCUT2D eigenvalue weighted by Crippen LogP contribution is 2.29. The standard InChI is InChI=1S/C12H23NO2/c1-10(2)6-8-13-7-3-9-15-12(14)11-4-5-11/h10-11,13H,3-9H2,1-2H3. The van der Waals surface area contributed by atoms with Crippen molar-refractivity contribution < 1.29 is 9.53 Å². The first-order valence-corrected chi connectivity index (χ1v) is 6.07. The Balaban J connectivity index is 1.78. The Morgan fingerprint density at radius 3 is 2.73 bits per heavy atom. The molecular weight excluding hydrogens is 190 g/mol. The monoisotopic (exact) mass is 213 g/mol. The molecule has 0 spiro atoms. The van der Waals surface area contributed by atoms with Gasteiger partial charge in [-0.1, -0.05) is 13.8 Å². The van der Waals surface area contributed by atoms with Crippen molar-refractivity contribution in [3.63, 3.8) is 0 Å². The summed E-state index contributed by atoms with van der Waals surface area (Å²) in [7, 11) is 0. The third kappa shape index (κ3) is 6.50. The van der Waals surface area contributed by atoms with Crippen molar-refractivity contribution in [2.75, 3.05) is 19.7 Å². The van der Waals surface area contributed by atoms with Crippen LogP contribution in [0.15, 0.2) is 0 Å². The van der Waals surface area contributed by atoms with Gasteiger partial charge >= 0.3 is 5.97 Å². The largest absolute Gasteiger partial charge is 0.465 e. The van der Waals surface area contributed by atoms with Crippen molar-refractivity contribution in [3.05, 3.63) is 0 Å². The van der Waals surface area contributed by atoms with Crippen LogP contribution >= 0.6 is 0 Å². The van der Waals surface area contributed by atoms with E-state index in [1.165, 1.54) is 6.42 Å². The number of ether oxygens (including phenoxy) is 1. The van der Waals surface area contributed by atoms with Crippen LogP contribution < -0.4 is 5.32 Å². The predicted octanol–water partition coefficient (Wildman–Crippen LogP) is 1.97. The minimum Gasteiger partial charge on any atom is -0.465 e. The molecule has 0 aromatic heterocycles. The fourth-order valence-corrected chi connectivity index (χ4v) is 1.32. The fraction of sp³-hybridized carbons (Fsp3) is 0.917. The highest BCUT2D eigenvalue weighted by molar-refractivity contribution is 5.74. The smallest absolute Gasteiger partial charge is 0.308 e. The Morgan fingerprint density at radius 1 is 1.40 bits per heavy atom. The average Bonchev–Trinajstić information content (AvgIpc) is 2.98. The van der Waals surface area contributed by atoms with Crippen LogP contribution in [0.4, 0.5) is 0 Å². The molecule has 0 radical (unpaired) electrons. The molecule has 0 aromatic carbocycles. The normalized spacial score (nSPS) is 15.7. The molecule has 0 aliphatic heterocycles. The van der Waals surface area contributed by atoms with E-state index in [1.807, 2.05) is 0 Å². The fourth-order valence-electron chi connectivity index (χ4n) is 1.32. The summed E-state index contributed by atoms with van der Waals surface area (Å²) >= 11 is 0. The number of esters is 1. The van der Waals surface area contributed by atoms with Crippen molar-refractivity contribution in [1.82, 2.24) is 5.32 Å². The van der Waals surface area contributed by atoms with E-state index in [-0.39, 0.29) is 11.9 Å². The predicted molar refractivity (Wildman–Crippen MR) is 60.6 cm³/mol. The molecule has 0 atom stereocenters. The first-order chi connectivity index (χ1) is 7.20. The van der Waals surface area contributed by atoms with Crippen LogP contribution in [-0.4, -0.2) is 25.7 Å². The van der Waals surface area contributed by atoms with E-state index in [4.69, 9.17) is 4.74 Å². The molecule has 1 N–H and O–H groups in total. The van der Waals surface area contributed by atoms with E-state index < -0.39 is 0 Å². The topological polar surface area (TPSA) is 38.3 Å².